The summed E-state index contributed by atoms with van der Waals surface area (Å²) < 4.78 is 10.9. The molecule has 0 spiro atoms. The maximum absolute atomic E-state index is 12.9. The first-order chi connectivity index (χ1) is 14.7. The smallest absolute Gasteiger partial charge is 0.203 e. The first kappa shape index (κ1) is 20.7. The van der Waals surface area contributed by atoms with E-state index in [0.717, 1.165) is 35.5 Å². The van der Waals surface area contributed by atoms with Crippen molar-refractivity contribution in [3.63, 3.8) is 0 Å². The van der Waals surface area contributed by atoms with Gasteiger partial charge >= 0.3 is 0 Å². The van der Waals surface area contributed by atoms with Crippen LogP contribution in [-0.4, -0.2) is 24.0 Å². The third-order valence-electron chi connectivity index (χ3n) is 4.95. The minimum Gasteiger partial charge on any atom is -0.497 e. The van der Waals surface area contributed by atoms with Crippen LogP contribution in [0.1, 0.15) is 27.3 Å². The lowest BCUT2D eigenvalue weighted by Crippen LogP contribution is -2.09. The van der Waals surface area contributed by atoms with E-state index < -0.39 is 0 Å². The highest BCUT2D eigenvalue weighted by Crippen LogP contribution is 2.31. The van der Waals surface area contributed by atoms with E-state index in [2.05, 4.69) is 34.4 Å². The summed E-state index contributed by atoms with van der Waals surface area (Å²) in [6, 6.07) is 21.8. The normalized spacial score (nSPS) is 11.1. The number of carbonyl (C=O) groups is 1. The monoisotopic (exact) mass is 436 g/mol. The minimum absolute atomic E-state index is 0.0592. The lowest BCUT2D eigenvalue weighted by molar-refractivity contribution is 0.104. The van der Waals surface area contributed by atoms with E-state index in [-0.39, 0.29) is 5.78 Å². The molecule has 6 heteroatoms. The Kier molecular flexibility index (Phi) is 6.57. The maximum atomic E-state index is 12.9. The molecule has 2 aromatic carbocycles. The summed E-state index contributed by atoms with van der Waals surface area (Å²) in [5.74, 6) is 0.813. The molecule has 154 valence electrons. The molecule has 0 amide bonds. The van der Waals surface area contributed by atoms with Crippen LogP contribution in [0.3, 0.4) is 0 Å². The number of ether oxygens (including phenoxy) is 1. The van der Waals surface area contributed by atoms with Crippen LogP contribution in [0.25, 0.3) is 10.2 Å². The zero-order valence-electron chi connectivity index (χ0n) is 17.1. The van der Waals surface area contributed by atoms with Gasteiger partial charge in [0.1, 0.15) is 10.6 Å². The number of ketones is 1. The molecule has 4 aromatic rings. The molecule has 0 radical (unpaired) electrons. The molecule has 30 heavy (non-hydrogen) atoms. The van der Waals surface area contributed by atoms with Crippen LogP contribution in [-0.2, 0) is 6.54 Å². The lowest BCUT2D eigenvalue weighted by atomic mass is 10.1. The van der Waals surface area contributed by atoms with Gasteiger partial charge in [0.25, 0.3) is 0 Å². The van der Waals surface area contributed by atoms with Gasteiger partial charge in [-0.1, -0.05) is 18.2 Å². The van der Waals surface area contributed by atoms with Crippen LogP contribution in [0.4, 0.5) is 0 Å². The van der Waals surface area contributed by atoms with Crippen LogP contribution in [0, 0.1) is 6.92 Å². The number of carbonyl (C=O) groups excluding carboxylic acids is 1. The van der Waals surface area contributed by atoms with Crippen molar-refractivity contribution in [2.24, 2.45) is 0 Å². The summed E-state index contributed by atoms with van der Waals surface area (Å²) in [7, 11) is 1.62. The van der Waals surface area contributed by atoms with Gasteiger partial charge in [-0.2, -0.15) is 0 Å². The van der Waals surface area contributed by atoms with Crippen molar-refractivity contribution in [2.75, 3.05) is 13.7 Å². The summed E-state index contributed by atoms with van der Waals surface area (Å²) in [5, 5.41) is 1.14. The molecule has 2 aromatic heterocycles. The number of benzene rings is 2. The van der Waals surface area contributed by atoms with Crippen LogP contribution >= 0.6 is 23.3 Å². The second-order valence-electron chi connectivity index (χ2n) is 7.03. The Morgan fingerprint density at radius 1 is 1.10 bits per heavy atom. The fourth-order valence-corrected chi connectivity index (χ4v) is 5.27. The predicted octanol–water partition coefficient (Wildman–Crippen LogP) is 5.94. The quantitative estimate of drug-likeness (QED) is 0.200. The second-order valence-corrected chi connectivity index (χ2v) is 9.02. The summed E-state index contributed by atoms with van der Waals surface area (Å²) in [4.78, 5) is 16.1. The van der Waals surface area contributed by atoms with Gasteiger partial charge < -0.3 is 9.30 Å². The topological polar surface area (TPSA) is 43.3 Å². The van der Waals surface area contributed by atoms with Crippen molar-refractivity contribution >= 4 is 39.3 Å². The highest BCUT2D eigenvalue weighted by atomic mass is 32.2. The summed E-state index contributed by atoms with van der Waals surface area (Å²) >= 11 is 3.24. The van der Waals surface area contributed by atoms with Crippen molar-refractivity contribution in [3.05, 3.63) is 82.9 Å². The van der Waals surface area contributed by atoms with E-state index in [0.29, 0.717) is 5.56 Å². The Bertz CT molecular complexity index is 1130. The zero-order valence-corrected chi connectivity index (χ0v) is 18.7. The maximum Gasteiger partial charge on any atom is 0.203 e. The van der Waals surface area contributed by atoms with E-state index >= 15 is 0 Å². The molecule has 0 aliphatic carbocycles. The lowest BCUT2D eigenvalue weighted by Gasteiger charge is -2.08. The van der Waals surface area contributed by atoms with Crippen molar-refractivity contribution < 1.29 is 9.53 Å². The average Bonchev–Trinajstić information content (AvgIpc) is 3.31. The Morgan fingerprint density at radius 2 is 1.87 bits per heavy atom. The number of fused-ring (bicyclic) bond motifs is 1. The van der Waals surface area contributed by atoms with Gasteiger partial charge in [-0.25, -0.2) is 0 Å². The van der Waals surface area contributed by atoms with E-state index in [1.54, 1.807) is 30.4 Å². The van der Waals surface area contributed by atoms with Crippen molar-refractivity contribution in [1.82, 2.24) is 9.29 Å². The van der Waals surface area contributed by atoms with Gasteiger partial charge in [0.05, 0.1) is 12.0 Å². The van der Waals surface area contributed by atoms with E-state index in [9.17, 15) is 4.79 Å². The van der Waals surface area contributed by atoms with Gasteiger partial charge in [0.15, 0.2) is 0 Å². The van der Waals surface area contributed by atoms with E-state index in [1.807, 2.05) is 48.5 Å². The molecule has 0 aliphatic rings. The number of rotatable bonds is 9. The fourth-order valence-electron chi connectivity index (χ4n) is 3.38. The highest BCUT2D eigenvalue weighted by Gasteiger charge is 2.16. The van der Waals surface area contributed by atoms with Crippen molar-refractivity contribution in [1.29, 1.82) is 0 Å². The van der Waals surface area contributed by atoms with Gasteiger partial charge in [0.2, 0.25) is 5.78 Å². The van der Waals surface area contributed by atoms with Gasteiger partial charge in [-0.3, -0.25) is 9.52 Å². The van der Waals surface area contributed by atoms with Gasteiger partial charge in [-0.05, 0) is 73.8 Å². The molecular formula is C24H24N2O2S2. The molecule has 0 bridgehead atoms. The molecular weight excluding hydrogens is 412 g/mol. The first-order valence-electron chi connectivity index (χ1n) is 9.89. The molecule has 0 unspecified atom stereocenters. The van der Waals surface area contributed by atoms with Crippen LogP contribution in [0.5, 0.6) is 5.75 Å². The summed E-state index contributed by atoms with van der Waals surface area (Å²) in [6.07, 6.45) is 1.02. The molecule has 0 aliphatic heterocycles. The van der Waals surface area contributed by atoms with Crippen molar-refractivity contribution in [3.8, 4) is 5.75 Å². The molecule has 2 heterocycles. The third kappa shape index (κ3) is 4.61. The number of thiophene rings is 1. The third-order valence-corrected chi connectivity index (χ3v) is 6.97. The van der Waals surface area contributed by atoms with Gasteiger partial charge in [-0.15, -0.1) is 11.3 Å². The van der Waals surface area contributed by atoms with Crippen molar-refractivity contribution in [2.45, 2.75) is 24.8 Å². The molecule has 0 saturated heterocycles. The van der Waals surface area contributed by atoms with Crippen LogP contribution < -0.4 is 9.46 Å². The van der Waals surface area contributed by atoms with Gasteiger partial charge in [0, 0.05) is 34.6 Å². The Labute approximate surface area is 185 Å². The second kappa shape index (κ2) is 9.51. The minimum atomic E-state index is 0.0592. The molecule has 4 rings (SSSR count). The Morgan fingerprint density at radius 3 is 2.60 bits per heavy atom. The van der Waals surface area contributed by atoms with E-state index in [1.165, 1.54) is 15.4 Å². The molecule has 0 fully saturated rings. The number of nitrogens with one attached hydrogen (secondary N) is 1. The van der Waals surface area contributed by atoms with Crippen LogP contribution in [0.2, 0.25) is 0 Å². The zero-order chi connectivity index (χ0) is 20.9. The van der Waals surface area contributed by atoms with E-state index in [4.69, 9.17) is 4.74 Å². The largest absolute Gasteiger partial charge is 0.497 e. The predicted molar refractivity (Wildman–Crippen MR) is 126 cm³/mol. The number of methoxy groups -OCH3 is 1. The number of aromatic nitrogens is 1. The number of hydrogen-bond acceptors (Lipinski definition) is 5. The first-order valence-corrected chi connectivity index (χ1v) is 11.5. The fraction of sp³-hybridized carbons (Fsp3) is 0.208. The number of nitrogens with zero attached hydrogens (tertiary/aromatic N) is 1. The Hall–Kier alpha value is -2.54. The molecule has 4 nitrogen and oxygen atoms in total. The van der Waals surface area contributed by atoms with Crippen LogP contribution in [0.15, 0.2) is 71.6 Å². The standard InChI is InChI=1S/C24H24N2O2S2/c1-17-15-19-16-22(23(27)18-9-11-20(28-2)12-10-18)29-24(19)26(17)14-6-13-25-30-21-7-4-3-5-8-21/h3-5,7-12,15-16,25H,6,13-14H2,1-2H3. The molecule has 1 N–H and O–H groups in total. The summed E-state index contributed by atoms with van der Waals surface area (Å²) in [5.41, 5.74) is 1.92. The number of hydrogen-bond donors (Lipinski definition) is 1. The average molecular weight is 437 g/mol. The number of aryl methyl sites for hydroxylation is 2. The highest BCUT2D eigenvalue weighted by molar-refractivity contribution is 7.97. The summed E-state index contributed by atoms with van der Waals surface area (Å²) in [6.45, 7) is 3.97. The SMILES string of the molecule is COc1ccc(C(=O)c2cc3cc(C)n(CCCNSc4ccccc4)c3s2)cc1. The molecule has 0 atom stereocenters. The Balaban J connectivity index is 1.40. The molecule has 0 saturated carbocycles.